The lowest BCUT2D eigenvalue weighted by Gasteiger charge is -2.32. The van der Waals surface area contributed by atoms with E-state index in [0.717, 1.165) is 11.1 Å². The van der Waals surface area contributed by atoms with Gasteiger partial charge >= 0.3 is 5.97 Å². The van der Waals surface area contributed by atoms with Crippen LogP contribution in [0.1, 0.15) is 34.5 Å². The van der Waals surface area contributed by atoms with Crippen molar-refractivity contribution < 1.29 is 23.1 Å². The number of anilines is 1. The van der Waals surface area contributed by atoms with Crippen LogP contribution in [0.3, 0.4) is 0 Å². The van der Waals surface area contributed by atoms with Gasteiger partial charge in [-0.3, -0.25) is 19.1 Å². The maximum absolute atomic E-state index is 12.6. The fourth-order valence-electron chi connectivity index (χ4n) is 3.37. The number of esters is 1. The van der Waals surface area contributed by atoms with Crippen molar-refractivity contribution in [2.45, 2.75) is 25.4 Å². The van der Waals surface area contributed by atoms with Gasteiger partial charge in [-0.05, 0) is 42.7 Å². The van der Waals surface area contributed by atoms with Crippen LogP contribution in [0.25, 0.3) is 0 Å². The molecule has 0 spiro atoms. The van der Waals surface area contributed by atoms with E-state index in [2.05, 4.69) is 15.4 Å². The first-order chi connectivity index (χ1) is 14.4. The van der Waals surface area contributed by atoms with Crippen LogP contribution in [0.2, 0.25) is 5.02 Å². The molecule has 1 aliphatic heterocycles. The van der Waals surface area contributed by atoms with Gasteiger partial charge in [0, 0.05) is 23.4 Å². The molecular formula is C20H21ClN3O5S-. The summed E-state index contributed by atoms with van der Waals surface area (Å²) in [6.07, 6.45) is 0.512. The zero-order valence-corrected chi connectivity index (χ0v) is 17.7. The van der Waals surface area contributed by atoms with Crippen molar-refractivity contribution in [3.05, 3.63) is 64.2 Å². The lowest BCUT2D eigenvalue weighted by atomic mass is 9.90. The SMILES string of the molecule is CCOC(=O)[C@@H]1Cc2ccccc2[C@@H](CNC(=O)c2ccc(Cl)c(NS(=O)[O-])c2)N1. The van der Waals surface area contributed by atoms with Crippen LogP contribution in [-0.4, -0.2) is 39.8 Å². The Bertz CT molecular complexity index is 971. The van der Waals surface area contributed by atoms with Crippen LogP contribution >= 0.6 is 11.6 Å². The number of carbonyl (C=O) groups is 2. The number of amides is 1. The molecule has 1 amide bonds. The van der Waals surface area contributed by atoms with E-state index in [4.69, 9.17) is 16.3 Å². The number of nitrogens with one attached hydrogen (secondary N) is 3. The van der Waals surface area contributed by atoms with Crippen LogP contribution in [0, 0.1) is 0 Å². The summed E-state index contributed by atoms with van der Waals surface area (Å²) in [4.78, 5) is 24.8. The molecule has 1 aliphatic rings. The molecule has 2 aromatic rings. The third-order valence-corrected chi connectivity index (χ3v) is 5.43. The first-order valence-electron chi connectivity index (χ1n) is 9.33. The molecule has 2 aromatic carbocycles. The minimum Gasteiger partial charge on any atom is -0.755 e. The van der Waals surface area contributed by atoms with Crippen LogP contribution in [0.4, 0.5) is 5.69 Å². The summed E-state index contributed by atoms with van der Waals surface area (Å²) in [5, 5.41) is 6.24. The van der Waals surface area contributed by atoms with Crippen LogP contribution < -0.4 is 15.4 Å². The van der Waals surface area contributed by atoms with Gasteiger partial charge in [0.05, 0.1) is 23.4 Å². The lowest BCUT2D eigenvalue weighted by Crippen LogP contribution is -2.48. The average Bonchev–Trinajstić information content (AvgIpc) is 2.73. The summed E-state index contributed by atoms with van der Waals surface area (Å²) < 4.78 is 29.0. The molecule has 3 atom stereocenters. The number of ether oxygens (including phenoxy) is 1. The molecule has 10 heteroatoms. The topological polar surface area (TPSA) is 120 Å². The summed E-state index contributed by atoms with van der Waals surface area (Å²) in [6, 6.07) is 11.2. The number of carbonyl (C=O) groups excluding carboxylic acids is 2. The van der Waals surface area contributed by atoms with E-state index in [0.29, 0.717) is 13.0 Å². The molecule has 0 radical (unpaired) electrons. The molecule has 0 saturated carbocycles. The third kappa shape index (κ3) is 5.37. The number of rotatable bonds is 7. The van der Waals surface area contributed by atoms with E-state index in [1.54, 1.807) is 6.92 Å². The van der Waals surface area contributed by atoms with Gasteiger partial charge in [-0.25, -0.2) is 0 Å². The maximum atomic E-state index is 12.6. The number of hydrogen-bond donors (Lipinski definition) is 3. The van der Waals surface area contributed by atoms with E-state index in [-0.39, 0.29) is 34.8 Å². The van der Waals surface area contributed by atoms with Gasteiger partial charge in [0.1, 0.15) is 6.04 Å². The van der Waals surface area contributed by atoms with Crippen molar-refractivity contribution >= 4 is 40.4 Å². The van der Waals surface area contributed by atoms with Gasteiger partial charge in [0.25, 0.3) is 5.91 Å². The summed E-state index contributed by atoms with van der Waals surface area (Å²) in [6.45, 7) is 2.27. The Kier molecular flexibility index (Phi) is 7.43. The van der Waals surface area contributed by atoms with E-state index < -0.39 is 23.2 Å². The largest absolute Gasteiger partial charge is 0.755 e. The number of benzene rings is 2. The second-order valence-electron chi connectivity index (χ2n) is 6.67. The molecule has 0 aromatic heterocycles. The number of halogens is 1. The molecule has 8 nitrogen and oxygen atoms in total. The minimum absolute atomic E-state index is 0.112. The summed E-state index contributed by atoms with van der Waals surface area (Å²) in [7, 11) is 0. The van der Waals surface area contributed by atoms with Crippen molar-refractivity contribution in [1.82, 2.24) is 10.6 Å². The van der Waals surface area contributed by atoms with Crippen LogP contribution in [-0.2, 0) is 27.2 Å². The van der Waals surface area contributed by atoms with Crippen molar-refractivity contribution in [2.75, 3.05) is 17.9 Å². The summed E-state index contributed by atoms with van der Waals surface area (Å²) in [5.41, 5.74) is 2.38. The Hall–Kier alpha value is -2.46. The maximum Gasteiger partial charge on any atom is 0.323 e. The molecule has 1 unspecified atom stereocenters. The summed E-state index contributed by atoms with van der Waals surface area (Å²) in [5.74, 6) is -0.730. The van der Waals surface area contributed by atoms with E-state index in [1.807, 2.05) is 24.3 Å². The van der Waals surface area contributed by atoms with Gasteiger partial charge in [-0.1, -0.05) is 35.9 Å². The first-order valence-corrected chi connectivity index (χ1v) is 10.8. The average molecular weight is 451 g/mol. The highest BCUT2D eigenvalue weighted by Gasteiger charge is 2.31. The minimum atomic E-state index is -2.56. The predicted octanol–water partition coefficient (Wildman–Crippen LogP) is 2.09. The number of hydrogen-bond acceptors (Lipinski definition) is 6. The molecule has 30 heavy (non-hydrogen) atoms. The fourth-order valence-corrected chi connectivity index (χ4v) is 3.94. The van der Waals surface area contributed by atoms with Crippen molar-refractivity contribution in [1.29, 1.82) is 0 Å². The van der Waals surface area contributed by atoms with Crippen molar-refractivity contribution in [3.63, 3.8) is 0 Å². The normalized spacial score (nSPS) is 18.8. The monoisotopic (exact) mass is 450 g/mol. The molecule has 160 valence electrons. The second kappa shape index (κ2) is 10.0. The van der Waals surface area contributed by atoms with Crippen LogP contribution in [0.15, 0.2) is 42.5 Å². The lowest BCUT2D eigenvalue weighted by molar-refractivity contribution is -0.146. The standard InChI is InChI=1S/C20H22ClN3O5S/c1-2-29-20(26)17-9-12-5-3-4-6-14(12)18(23-17)11-22-19(25)13-7-8-15(21)16(10-13)24-30(27)28/h3-8,10,17-18,23-24H,2,9,11H2,1H3,(H,22,25)(H,27,28)/p-1/t17-,18+/m0/s1. The van der Waals surface area contributed by atoms with E-state index in [9.17, 15) is 18.4 Å². The fraction of sp³-hybridized carbons (Fsp3) is 0.300. The first kappa shape index (κ1) is 22.2. The highest BCUT2D eigenvalue weighted by molar-refractivity contribution is 7.80. The Balaban J connectivity index is 1.73. The Labute approximate surface area is 181 Å². The van der Waals surface area contributed by atoms with E-state index >= 15 is 0 Å². The molecular weight excluding hydrogens is 430 g/mol. The van der Waals surface area contributed by atoms with Gasteiger partial charge in [-0.2, -0.15) is 0 Å². The van der Waals surface area contributed by atoms with Crippen molar-refractivity contribution in [2.24, 2.45) is 0 Å². The van der Waals surface area contributed by atoms with Gasteiger partial charge < -0.3 is 19.3 Å². The molecule has 3 rings (SSSR count). The van der Waals surface area contributed by atoms with Crippen LogP contribution in [0.5, 0.6) is 0 Å². The smallest absolute Gasteiger partial charge is 0.323 e. The van der Waals surface area contributed by atoms with Gasteiger partial charge in [-0.15, -0.1) is 0 Å². The van der Waals surface area contributed by atoms with Gasteiger partial charge in [0.2, 0.25) is 0 Å². The Morgan fingerprint density at radius 1 is 1.30 bits per heavy atom. The molecule has 1 heterocycles. The Morgan fingerprint density at radius 2 is 2.07 bits per heavy atom. The summed E-state index contributed by atoms with van der Waals surface area (Å²) >= 11 is 3.39. The molecule has 0 saturated heterocycles. The molecule has 3 N–H and O–H groups in total. The number of fused-ring (bicyclic) bond motifs is 1. The predicted molar refractivity (Wildman–Crippen MR) is 113 cm³/mol. The molecule has 0 aliphatic carbocycles. The highest BCUT2D eigenvalue weighted by Crippen LogP contribution is 2.26. The quantitative estimate of drug-likeness (QED) is 0.439. The zero-order chi connectivity index (χ0) is 21.7. The van der Waals surface area contributed by atoms with Gasteiger partial charge in [0.15, 0.2) is 0 Å². The molecule has 0 fully saturated rings. The van der Waals surface area contributed by atoms with E-state index in [1.165, 1.54) is 18.2 Å². The zero-order valence-electron chi connectivity index (χ0n) is 16.1. The van der Waals surface area contributed by atoms with Crippen molar-refractivity contribution in [3.8, 4) is 0 Å². The Morgan fingerprint density at radius 3 is 2.80 bits per heavy atom. The second-order valence-corrected chi connectivity index (χ2v) is 7.75. The molecule has 0 bridgehead atoms. The highest BCUT2D eigenvalue weighted by atomic mass is 35.5. The third-order valence-electron chi connectivity index (χ3n) is 4.72.